The summed E-state index contributed by atoms with van der Waals surface area (Å²) in [6.07, 6.45) is 1.51. The number of furan rings is 1. The van der Waals surface area contributed by atoms with E-state index in [0.717, 1.165) is 4.47 Å². The second-order valence-corrected chi connectivity index (χ2v) is 4.00. The monoisotopic (exact) mass is 285 g/mol. The fraction of sp³-hybridized carbons (Fsp3) is 0.200. The Morgan fingerprint density at radius 1 is 1.44 bits per heavy atom. The number of hydrogen-bond donors (Lipinski definition) is 1. The third-order valence-electron chi connectivity index (χ3n) is 2.07. The molecule has 0 amide bonds. The van der Waals surface area contributed by atoms with E-state index in [-0.39, 0.29) is 11.5 Å². The van der Waals surface area contributed by atoms with Gasteiger partial charge in [0.15, 0.2) is 23.2 Å². The van der Waals surface area contributed by atoms with Gasteiger partial charge in [-0.15, -0.1) is 0 Å². The van der Waals surface area contributed by atoms with Crippen molar-refractivity contribution in [3.8, 4) is 11.6 Å². The zero-order valence-electron chi connectivity index (χ0n) is 8.71. The number of nitrogens with one attached hydrogen (secondary N) is 1. The summed E-state index contributed by atoms with van der Waals surface area (Å²) < 4.78 is 19.5. The summed E-state index contributed by atoms with van der Waals surface area (Å²) in [7, 11) is 1.60. The van der Waals surface area contributed by atoms with Gasteiger partial charge in [0, 0.05) is 7.05 Å². The van der Waals surface area contributed by atoms with Gasteiger partial charge < -0.3 is 9.73 Å². The lowest BCUT2D eigenvalue weighted by Gasteiger charge is -2.05. The molecule has 2 aromatic heterocycles. The van der Waals surface area contributed by atoms with Crippen LogP contribution in [-0.2, 0) is 0 Å². The van der Waals surface area contributed by atoms with Crippen molar-refractivity contribution >= 4 is 21.7 Å². The van der Waals surface area contributed by atoms with Crippen molar-refractivity contribution in [2.75, 3.05) is 12.4 Å². The molecule has 84 valence electrons. The Bertz CT molecular complexity index is 527. The van der Waals surface area contributed by atoms with Crippen LogP contribution in [0.5, 0.6) is 0 Å². The van der Waals surface area contributed by atoms with Crippen LogP contribution in [0.25, 0.3) is 11.6 Å². The normalized spacial score (nSPS) is 10.5. The van der Waals surface area contributed by atoms with E-state index in [4.69, 9.17) is 4.42 Å². The fourth-order valence-electron chi connectivity index (χ4n) is 1.28. The molecule has 16 heavy (non-hydrogen) atoms. The van der Waals surface area contributed by atoms with Crippen LogP contribution < -0.4 is 5.32 Å². The maximum atomic E-state index is 13.5. The van der Waals surface area contributed by atoms with E-state index in [1.165, 1.54) is 6.26 Å². The molecule has 4 nitrogen and oxygen atoms in total. The molecule has 0 radical (unpaired) electrons. The van der Waals surface area contributed by atoms with Crippen molar-refractivity contribution in [3.05, 3.63) is 28.3 Å². The van der Waals surface area contributed by atoms with Crippen LogP contribution in [0, 0.1) is 12.7 Å². The Labute approximate surface area is 100 Å². The molecule has 0 aliphatic rings. The van der Waals surface area contributed by atoms with Crippen LogP contribution in [0.2, 0.25) is 0 Å². The third-order valence-corrected chi connectivity index (χ3v) is 2.70. The molecule has 0 spiro atoms. The minimum Gasteiger partial charge on any atom is -0.460 e. The van der Waals surface area contributed by atoms with Crippen LogP contribution >= 0.6 is 15.9 Å². The van der Waals surface area contributed by atoms with E-state index >= 15 is 0 Å². The Balaban J connectivity index is 2.59. The van der Waals surface area contributed by atoms with Crippen LogP contribution in [0.4, 0.5) is 10.2 Å². The first kappa shape index (κ1) is 11.1. The van der Waals surface area contributed by atoms with Crippen molar-refractivity contribution < 1.29 is 8.81 Å². The summed E-state index contributed by atoms with van der Waals surface area (Å²) >= 11 is 3.30. The van der Waals surface area contributed by atoms with Gasteiger partial charge >= 0.3 is 0 Å². The van der Waals surface area contributed by atoms with E-state index in [9.17, 15) is 4.39 Å². The molecule has 1 N–H and O–H groups in total. The van der Waals surface area contributed by atoms with Crippen molar-refractivity contribution in [2.45, 2.75) is 6.92 Å². The van der Waals surface area contributed by atoms with Crippen molar-refractivity contribution in [1.82, 2.24) is 9.97 Å². The molecule has 0 bridgehead atoms. The highest BCUT2D eigenvalue weighted by Gasteiger charge is 2.15. The van der Waals surface area contributed by atoms with Crippen molar-refractivity contribution in [1.29, 1.82) is 0 Å². The lowest BCUT2D eigenvalue weighted by atomic mass is 10.3. The summed E-state index contributed by atoms with van der Waals surface area (Å²) in [5.41, 5.74) is 0.276. The summed E-state index contributed by atoms with van der Waals surface area (Å²) in [6.45, 7) is 1.58. The SMILES string of the molecule is CNc1nc(-c2occc2Br)nc(C)c1F. The maximum absolute atomic E-state index is 13.5. The largest absolute Gasteiger partial charge is 0.460 e. The maximum Gasteiger partial charge on any atom is 0.199 e. The van der Waals surface area contributed by atoms with Crippen LogP contribution in [-0.4, -0.2) is 17.0 Å². The van der Waals surface area contributed by atoms with Gasteiger partial charge in [0.2, 0.25) is 0 Å². The highest BCUT2D eigenvalue weighted by atomic mass is 79.9. The van der Waals surface area contributed by atoms with Gasteiger partial charge in [0.05, 0.1) is 16.4 Å². The van der Waals surface area contributed by atoms with Crippen LogP contribution in [0.3, 0.4) is 0 Å². The van der Waals surface area contributed by atoms with Gasteiger partial charge in [-0.2, -0.15) is 0 Å². The van der Waals surface area contributed by atoms with Crippen molar-refractivity contribution in [3.63, 3.8) is 0 Å². The van der Waals surface area contributed by atoms with Gasteiger partial charge in [0.1, 0.15) is 0 Å². The average molecular weight is 286 g/mol. The lowest BCUT2D eigenvalue weighted by molar-refractivity contribution is 0.570. The van der Waals surface area contributed by atoms with Crippen LogP contribution in [0.1, 0.15) is 5.69 Å². The molecule has 2 heterocycles. The fourth-order valence-corrected chi connectivity index (χ4v) is 1.66. The molecule has 0 aromatic carbocycles. The molecule has 0 fully saturated rings. The summed E-state index contributed by atoms with van der Waals surface area (Å²) in [5.74, 6) is 0.541. The molecule has 0 unspecified atom stereocenters. The first-order valence-corrected chi connectivity index (χ1v) is 5.38. The number of nitrogens with zero attached hydrogens (tertiary/aromatic N) is 2. The Morgan fingerprint density at radius 3 is 2.75 bits per heavy atom. The number of anilines is 1. The summed E-state index contributed by atoms with van der Waals surface area (Å²) in [5, 5.41) is 2.67. The second kappa shape index (κ2) is 4.21. The number of rotatable bonds is 2. The van der Waals surface area contributed by atoms with Gasteiger partial charge in [0.25, 0.3) is 0 Å². The van der Waals surface area contributed by atoms with E-state index in [2.05, 4.69) is 31.2 Å². The molecular weight excluding hydrogens is 277 g/mol. The molecule has 0 saturated heterocycles. The first-order chi connectivity index (χ1) is 7.63. The number of halogens is 2. The predicted octanol–water partition coefficient (Wildman–Crippen LogP) is 2.99. The first-order valence-electron chi connectivity index (χ1n) is 4.58. The molecule has 0 atom stereocenters. The minimum atomic E-state index is -0.450. The standard InChI is InChI=1S/C10H9BrFN3O/c1-5-7(12)9(13-2)15-10(14-5)8-6(11)3-4-16-8/h3-4H,1-2H3,(H,13,14,15). The molecule has 2 rings (SSSR count). The second-order valence-electron chi connectivity index (χ2n) is 3.14. The van der Waals surface area contributed by atoms with Crippen LogP contribution in [0.15, 0.2) is 21.2 Å². The average Bonchev–Trinajstić information content (AvgIpc) is 2.68. The smallest absolute Gasteiger partial charge is 0.199 e. The number of aromatic nitrogens is 2. The Morgan fingerprint density at radius 2 is 2.19 bits per heavy atom. The molecule has 0 aliphatic heterocycles. The zero-order valence-corrected chi connectivity index (χ0v) is 10.3. The summed E-state index contributed by atoms with van der Waals surface area (Å²) in [6, 6.07) is 1.73. The van der Waals surface area contributed by atoms with Gasteiger partial charge in [-0.25, -0.2) is 14.4 Å². The van der Waals surface area contributed by atoms with Crippen molar-refractivity contribution in [2.24, 2.45) is 0 Å². The molecule has 0 aliphatic carbocycles. The van der Waals surface area contributed by atoms with E-state index in [0.29, 0.717) is 11.6 Å². The number of aryl methyl sites for hydroxylation is 1. The van der Waals surface area contributed by atoms with E-state index < -0.39 is 5.82 Å². The molecule has 6 heteroatoms. The quantitative estimate of drug-likeness (QED) is 0.922. The van der Waals surface area contributed by atoms with Gasteiger partial charge in [-0.3, -0.25) is 0 Å². The van der Waals surface area contributed by atoms with Gasteiger partial charge in [-0.05, 0) is 28.9 Å². The zero-order chi connectivity index (χ0) is 11.7. The minimum absolute atomic E-state index is 0.158. The molecule has 2 aromatic rings. The summed E-state index contributed by atoms with van der Waals surface area (Å²) in [4.78, 5) is 8.07. The highest BCUT2D eigenvalue weighted by Crippen LogP contribution is 2.28. The Kier molecular flexibility index (Phi) is 2.91. The molecule has 0 saturated carbocycles. The Hall–Kier alpha value is -1.43. The molecular formula is C10H9BrFN3O. The topological polar surface area (TPSA) is 51.0 Å². The third kappa shape index (κ3) is 1.80. The predicted molar refractivity (Wildman–Crippen MR) is 61.7 cm³/mol. The highest BCUT2D eigenvalue weighted by molar-refractivity contribution is 9.10. The van der Waals surface area contributed by atoms with E-state index in [1.54, 1.807) is 20.0 Å². The number of hydrogen-bond acceptors (Lipinski definition) is 4. The van der Waals surface area contributed by atoms with Gasteiger partial charge in [-0.1, -0.05) is 0 Å². The van der Waals surface area contributed by atoms with E-state index in [1.807, 2.05) is 0 Å². The lowest BCUT2D eigenvalue weighted by Crippen LogP contribution is -2.03.